The van der Waals surface area contributed by atoms with Gasteiger partial charge < -0.3 is 10.5 Å². The van der Waals surface area contributed by atoms with Gasteiger partial charge in [0.2, 0.25) is 0 Å². The molecule has 2 N–H and O–H groups in total. The summed E-state index contributed by atoms with van der Waals surface area (Å²) in [6.07, 6.45) is 2.07. The normalized spacial score (nSPS) is 25.9. The lowest BCUT2D eigenvalue weighted by atomic mass is 9.82. The first-order chi connectivity index (χ1) is 7.92. The minimum atomic E-state index is -0.283. The molecule has 1 fully saturated rings. The van der Waals surface area contributed by atoms with Gasteiger partial charge in [0.15, 0.2) is 0 Å². The molecule has 1 aliphatic heterocycles. The highest BCUT2D eigenvalue weighted by atomic mass is 16.5. The van der Waals surface area contributed by atoms with Gasteiger partial charge in [-0.1, -0.05) is 45.0 Å². The fraction of sp³-hybridized carbons (Fsp3) is 0.600. The van der Waals surface area contributed by atoms with Gasteiger partial charge in [0.05, 0.1) is 12.1 Å². The first-order valence-electron chi connectivity index (χ1n) is 6.39. The average molecular weight is 233 g/mol. The van der Waals surface area contributed by atoms with E-state index in [0.29, 0.717) is 6.61 Å². The molecule has 0 spiro atoms. The monoisotopic (exact) mass is 233 g/mol. The van der Waals surface area contributed by atoms with Crippen LogP contribution in [0.15, 0.2) is 24.3 Å². The molecule has 1 unspecified atom stereocenters. The van der Waals surface area contributed by atoms with Crippen LogP contribution in [0.2, 0.25) is 0 Å². The fourth-order valence-electron chi connectivity index (χ4n) is 2.35. The van der Waals surface area contributed by atoms with Crippen LogP contribution in [0, 0.1) is 0 Å². The van der Waals surface area contributed by atoms with E-state index in [9.17, 15) is 0 Å². The van der Waals surface area contributed by atoms with Crippen molar-refractivity contribution in [3.05, 3.63) is 35.4 Å². The van der Waals surface area contributed by atoms with Gasteiger partial charge in [0.1, 0.15) is 0 Å². The number of nitrogens with two attached hydrogens (primary N) is 1. The predicted octanol–water partition coefficient (Wildman–Crippen LogP) is 2.95. The molecule has 1 atom stereocenters. The van der Waals surface area contributed by atoms with Crippen LogP contribution in [0.5, 0.6) is 0 Å². The van der Waals surface area contributed by atoms with Crippen molar-refractivity contribution in [1.29, 1.82) is 0 Å². The molecule has 1 aromatic rings. The second-order valence-electron chi connectivity index (χ2n) is 6.14. The quantitative estimate of drug-likeness (QED) is 0.809. The van der Waals surface area contributed by atoms with E-state index in [1.807, 2.05) is 0 Å². The summed E-state index contributed by atoms with van der Waals surface area (Å²) in [5.74, 6) is 0. The Morgan fingerprint density at radius 1 is 1.18 bits per heavy atom. The Kier molecular flexibility index (Phi) is 3.28. The molecule has 17 heavy (non-hydrogen) atoms. The maximum atomic E-state index is 6.41. The highest BCUT2D eigenvalue weighted by Gasteiger charge is 2.30. The third-order valence-electron chi connectivity index (χ3n) is 3.60. The van der Waals surface area contributed by atoms with Gasteiger partial charge in [-0.25, -0.2) is 0 Å². The maximum absolute atomic E-state index is 6.41. The molecule has 2 rings (SSSR count). The molecule has 0 aliphatic carbocycles. The van der Waals surface area contributed by atoms with Gasteiger partial charge in [-0.15, -0.1) is 0 Å². The van der Waals surface area contributed by atoms with Crippen molar-refractivity contribution in [2.24, 2.45) is 5.73 Å². The number of rotatable bonds is 1. The van der Waals surface area contributed by atoms with E-state index in [0.717, 1.165) is 19.4 Å². The molecule has 0 saturated carbocycles. The number of hydrogen-bond acceptors (Lipinski definition) is 2. The van der Waals surface area contributed by atoms with Crippen molar-refractivity contribution in [3.8, 4) is 0 Å². The van der Waals surface area contributed by atoms with Gasteiger partial charge in [0, 0.05) is 6.61 Å². The highest BCUT2D eigenvalue weighted by Crippen LogP contribution is 2.30. The third-order valence-corrected chi connectivity index (χ3v) is 3.60. The molecule has 0 radical (unpaired) electrons. The van der Waals surface area contributed by atoms with Crippen LogP contribution in [0.3, 0.4) is 0 Å². The van der Waals surface area contributed by atoms with Crippen LogP contribution in [0.4, 0.5) is 0 Å². The lowest BCUT2D eigenvalue weighted by Crippen LogP contribution is -2.44. The smallest absolute Gasteiger partial charge is 0.0688 e. The maximum Gasteiger partial charge on any atom is 0.0688 e. The van der Waals surface area contributed by atoms with E-state index < -0.39 is 0 Å². The van der Waals surface area contributed by atoms with Crippen molar-refractivity contribution < 1.29 is 4.74 Å². The Labute approximate surface area is 104 Å². The lowest BCUT2D eigenvalue weighted by molar-refractivity contribution is 0.0367. The van der Waals surface area contributed by atoms with Crippen LogP contribution in [-0.4, -0.2) is 13.2 Å². The first kappa shape index (κ1) is 12.6. The first-order valence-corrected chi connectivity index (χ1v) is 6.39. The molecule has 1 heterocycles. The van der Waals surface area contributed by atoms with Crippen molar-refractivity contribution in [3.63, 3.8) is 0 Å². The van der Waals surface area contributed by atoms with E-state index >= 15 is 0 Å². The second-order valence-corrected chi connectivity index (χ2v) is 6.14. The third kappa shape index (κ3) is 2.70. The lowest BCUT2D eigenvalue weighted by Gasteiger charge is -2.34. The molecular formula is C15H23NO. The van der Waals surface area contributed by atoms with E-state index in [2.05, 4.69) is 45.0 Å². The summed E-state index contributed by atoms with van der Waals surface area (Å²) >= 11 is 0. The molecule has 2 heteroatoms. The van der Waals surface area contributed by atoms with Gasteiger partial charge in [0.25, 0.3) is 0 Å². The number of ether oxygens (including phenoxy) is 1. The molecule has 94 valence electrons. The fourth-order valence-corrected chi connectivity index (χ4v) is 2.35. The molecule has 0 aromatic heterocycles. The minimum absolute atomic E-state index is 0.198. The van der Waals surface area contributed by atoms with E-state index in [4.69, 9.17) is 10.5 Å². The Hall–Kier alpha value is -0.860. The van der Waals surface area contributed by atoms with Gasteiger partial charge >= 0.3 is 0 Å². The average Bonchev–Trinajstić information content (AvgIpc) is 2.29. The van der Waals surface area contributed by atoms with Crippen molar-refractivity contribution in [2.45, 2.75) is 44.6 Å². The molecule has 1 aliphatic rings. The summed E-state index contributed by atoms with van der Waals surface area (Å²) in [5.41, 5.74) is 8.88. The summed E-state index contributed by atoms with van der Waals surface area (Å²) in [7, 11) is 0. The summed E-state index contributed by atoms with van der Waals surface area (Å²) in [6.45, 7) is 8.17. The Morgan fingerprint density at radius 3 is 2.29 bits per heavy atom. The van der Waals surface area contributed by atoms with E-state index in [1.165, 1.54) is 11.1 Å². The molecule has 1 aromatic carbocycles. The van der Waals surface area contributed by atoms with Crippen LogP contribution in [0.25, 0.3) is 0 Å². The zero-order valence-electron chi connectivity index (χ0n) is 11.1. The summed E-state index contributed by atoms with van der Waals surface area (Å²) in [6, 6.07) is 8.71. The van der Waals surface area contributed by atoms with Gasteiger partial charge in [-0.2, -0.15) is 0 Å². The highest BCUT2D eigenvalue weighted by molar-refractivity contribution is 5.32. The summed E-state index contributed by atoms with van der Waals surface area (Å²) in [5, 5.41) is 0. The Bertz CT molecular complexity index is 369. The standard InChI is InChI=1S/C15H23NO/c1-14(2,3)12-5-7-13(8-6-12)15(16)9-4-10-17-11-15/h5-8H,4,9-11,16H2,1-3H3. The van der Waals surface area contributed by atoms with Crippen molar-refractivity contribution in [1.82, 2.24) is 0 Å². The van der Waals surface area contributed by atoms with Gasteiger partial charge in [-0.05, 0) is 29.4 Å². The summed E-state index contributed by atoms with van der Waals surface area (Å²) < 4.78 is 5.51. The molecule has 1 saturated heterocycles. The van der Waals surface area contributed by atoms with Crippen LogP contribution >= 0.6 is 0 Å². The van der Waals surface area contributed by atoms with Crippen molar-refractivity contribution >= 4 is 0 Å². The van der Waals surface area contributed by atoms with E-state index in [1.54, 1.807) is 0 Å². The Morgan fingerprint density at radius 2 is 1.82 bits per heavy atom. The zero-order chi connectivity index (χ0) is 12.5. The number of benzene rings is 1. The van der Waals surface area contributed by atoms with Crippen LogP contribution in [-0.2, 0) is 15.7 Å². The largest absolute Gasteiger partial charge is 0.379 e. The van der Waals surface area contributed by atoms with Crippen molar-refractivity contribution in [2.75, 3.05) is 13.2 Å². The predicted molar refractivity (Wildman–Crippen MR) is 71.1 cm³/mol. The summed E-state index contributed by atoms with van der Waals surface area (Å²) in [4.78, 5) is 0. The molecular weight excluding hydrogens is 210 g/mol. The Balaban J connectivity index is 2.23. The number of hydrogen-bond donors (Lipinski definition) is 1. The minimum Gasteiger partial charge on any atom is -0.379 e. The second kappa shape index (κ2) is 4.43. The van der Waals surface area contributed by atoms with Crippen LogP contribution in [0.1, 0.15) is 44.7 Å². The molecule has 0 bridgehead atoms. The zero-order valence-corrected chi connectivity index (χ0v) is 11.1. The van der Waals surface area contributed by atoms with Crippen LogP contribution < -0.4 is 5.73 Å². The van der Waals surface area contributed by atoms with E-state index in [-0.39, 0.29) is 11.0 Å². The topological polar surface area (TPSA) is 35.2 Å². The molecule has 2 nitrogen and oxygen atoms in total. The molecule has 0 amide bonds. The van der Waals surface area contributed by atoms with Gasteiger partial charge in [-0.3, -0.25) is 0 Å². The SMILES string of the molecule is CC(C)(C)c1ccc(C2(N)CCCOC2)cc1.